The van der Waals surface area contributed by atoms with Crippen LogP contribution in [0, 0.1) is 0 Å². The lowest BCUT2D eigenvalue weighted by atomic mass is 9.92. The van der Waals surface area contributed by atoms with Crippen molar-refractivity contribution in [3.63, 3.8) is 0 Å². The van der Waals surface area contributed by atoms with Gasteiger partial charge in [-0.1, -0.05) is 24.6 Å². The van der Waals surface area contributed by atoms with Gasteiger partial charge in [0.15, 0.2) is 0 Å². The van der Waals surface area contributed by atoms with E-state index in [2.05, 4.69) is 17.4 Å². The summed E-state index contributed by atoms with van der Waals surface area (Å²) >= 11 is 0. The molecule has 1 fully saturated rings. The van der Waals surface area contributed by atoms with Crippen LogP contribution in [0.3, 0.4) is 0 Å². The van der Waals surface area contributed by atoms with Crippen LogP contribution in [0.5, 0.6) is 5.75 Å². The number of rotatable bonds is 6. The van der Waals surface area contributed by atoms with Crippen LogP contribution in [-0.2, 0) is 11.2 Å². The highest BCUT2D eigenvalue weighted by Crippen LogP contribution is 2.19. The molecule has 106 valence electrons. The van der Waals surface area contributed by atoms with Gasteiger partial charge in [-0.15, -0.1) is 0 Å². The zero-order valence-electron chi connectivity index (χ0n) is 12.1. The first-order valence-corrected chi connectivity index (χ1v) is 7.33. The fraction of sp³-hybridized carbons (Fsp3) is 0.625. The number of quaternary nitrogens is 1. The summed E-state index contributed by atoms with van der Waals surface area (Å²) in [6.45, 7) is 1.10. The monoisotopic (exact) mass is 264 g/mol. The molecular weight excluding hydrogens is 238 g/mol. The molecule has 0 unspecified atom stereocenters. The highest BCUT2D eigenvalue weighted by Gasteiger charge is 2.27. The van der Waals surface area contributed by atoms with E-state index >= 15 is 0 Å². The van der Waals surface area contributed by atoms with Crippen molar-refractivity contribution in [3.05, 3.63) is 29.8 Å². The number of hydrogen-bond acceptors (Lipinski definition) is 2. The van der Waals surface area contributed by atoms with Crippen molar-refractivity contribution < 1.29 is 14.8 Å². The molecule has 2 atom stereocenters. The van der Waals surface area contributed by atoms with E-state index < -0.39 is 0 Å². The Kier molecular flexibility index (Phi) is 5.67. The van der Waals surface area contributed by atoms with Gasteiger partial charge in [0.05, 0.1) is 13.7 Å². The molecule has 0 aliphatic heterocycles. The van der Waals surface area contributed by atoms with Crippen molar-refractivity contribution in [1.82, 2.24) is 0 Å². The van der Waals surface area contributed by atoms with Crippen molar-refractivity contribution in [3.8, 4) is 5.75 Å². The standard InChI is InChI=1S/C16H25NO2/c1-18-15-9-5-3-7-13(15)11-12-17-14-8-4-6-10-16(14)19-2/h3,5,7,9,14,16-17H,4,6,8,10-12H2,1-2H3/p+1/t14-,16+/m1/s1. The Morgan fingerprint density at radius 3 is 2.74 bits per heavy atom. The predicted molar refractivity (Wildman–Crippen MR) is 76.5 cm³/mol. The molecule has 0 spiro atoms. The minimum atomic E-state index is 0.436. The second-order valence-electron chi connectivity index (χ2n) is 5.31. The molecule has 3 nitrogen and oxygen atoms in total. The summed E-state index contributed by atoms with van der Waals surface area (Å²) in [5, 5.41) is 2.46. The van der Waals surface area contributed by atoms with E-state index in [1.165, 1.54) is 31.2 Å². The Morgan fingerprint density at radius 2 is 1.95 bits per heavy atom. The number of nitrogens with two attached hydrogens (primary N) is 1. The molecule has 1 aliphatic rings. The van der Waals surface area contributed by atoms with Crippen molar-refractivity contribution in [1.29, 1.82) is 0 Å². The average Bonchev–Trinajstić information content (AvgIpc) is 2.48. The van der Waals surface area contributed by atoms with Gasteiger partial charge in [-0.3, -0.25) is 0 Å². The molecule has 0 saturated heterocycles. The van der Waals surface area contributed by atoms with Crippen LogP contribution in [-0.4, -0.2) is 32.9 Å². The van der Waals surface area contributed by atoms with Gasteiger partial charge in [-0.05, 0) is 24.5 Å². The first kappa shape index (κ1) is 14.4. The van der Waals surface area contributed by atoms with E-state index in [1.54, 1.807) is 7.11 Å². The molecule has 1 saturated carbocycles. The third-order valence-electron chi connectivity index (χ3n) is 4.13. The minimum absolute atomic E-state index is 0.436. The van der Waals surface area contributed by atoms with Gasteiger partial charge < -0.3 is 14.8 Å². The molecule has 0 amide bonds. The molecule has 1 aliphatic carbocycles. The summed E-state index contributed by atoms with van der Waals surface area (Å²) in [5.74, 6) is 1.00. The molecule has 0 bridgehead atoms. The molecular formula is C16H26NO2+. The quantitative estimate of drug-likeness (QED) is 0.849. The summed E-state index contributed by atoms with van der Waals surface area (Å²) in [6.07, 6.45) is 6.64. The highest BCUT2D eigenvalue weighted by molar-refractivity contribution is 5.33. The lowest BCUT2D eigenvalue weighted by Crippen LogP contribution is -2.93. The summed E-state index contributed by atoms with van der Waals surface area (Å²) in [6, 6.07) is 8.92. The number of hydrogen-bond donors (Lipinski definition) is 1. The highest BCUT2D eigenvalue weighted by atomic mass is 16.5. The normalized spacial score (nSPS) is 23.3. The van der Waals surface area contributed by atoms with Crippen LogP contribution < -0.4 is 10.1 Å². The molecule has 0 radical (unpaired) electrons. The SMILES string of the molecule is COc1ccccc1CC[NH2+][C@@H]1CCCC[C@@H]1OC. The van der Waals surface area contributed by atoms with Gasteiger partial charge in [0.2, 0.25) is 0 Å². The molecule has 1 aromatic carbocycles. The number of ether oxygens (including phenoxy) is 2. The van der Waals surface area contributed by atoms with Crippen LogP contribution in [0.4, 0.5) is 0 Å². The molecule has 1 aromatic rings. The third-order valence-corrected chi connectivity index (χ3v) is 4.13. The van der Waals surface area contributed by atoms with Crippen molar-refractivity contribution in [2.45, 2.75) is 44.2 Å². The molecule has 0 aromatic heterocycles. The second kappa shape index (κ2) is 7.51. The number of para-hydroxylation sites is 1. The van der Waals surface area contributed by atoms with E-state index in [4.69, 9.17) is 9.47 Å². The summed E-state index contributed by atoms with van der Waals surface area (Å²) in [7, 11) is 3.59. The molecule has 3 heteroatoms. The third kappa shape index (κ3) is 3.95. The molecule has 2 rings (SSSR count). The van der Waals surface area contributed by atoms with Gasteiger partial charge in [0, 0.05) is 20.0 Å². The molecule has 0 heterocycles. The zero-order chi connectivity index (χ0) is 13.5. The van der Waals surface area contributed by atoms with Crippen LogP contribution in [0.2, 0.25) is 0 Å². The van der Waals surface area contributed by atoms with Gasteiger partial charge in [-0.2, -0.15) is 0 Å². The van der Waals surface area contributed by atoms with Crippen molar-refractivity contribution in [2.24, 2.45) is 0 Å². The van der Waals surface area contributed by atoms with Crippen LogP contribution >= 0.6 is 0 Å². The van der Waals surface area contributed by atoms with Crippen LogP contribution in [0.1, 0.15) is 31.2 Å². The van der Waals surface area contributed by atoms with E-state index in [0.29, 0.717) is 12.1 Å². The Balaban J connectivity index is 1.82. The fourth-order valence-corrected chi connectivity index (χ4v) is 3.05. The maximum absolute atomic E-state index is 5.60. The summed E-state index contributed by atoms with van der Waals surface area (Å²) in [4.78, 5) is 0. The van der Waals surface area contributed by atoms with E-state index in [0.717, 1.165) is 18.7 Å². The molecule has 2 N–H and O–H groups in total. The second-order valence-corrected chi connectivity index (χ2v) is 5.31. The summed E-state index contributed by atoms with van der Waals surface area (Å²) in [5.41, 5.74) is 1.30. The zero-order valence-corrected chi connectivity index (χ0v) is 12.1. The van der Waals surface area contributed by atoms with Crippen LogP contribution in [0.15, 0.2) is 24.3 Å². The average molecular weight is 264 g/mol. The van der Waals surface area contributed by atoms with Gasteiger partial charge >= 0.3 is 0 Å². The largest absolute Gasteiger partial charge is 0.496 e. The maximum Gasteiger partial charge on any atom is 0.122 e. The Bertz CT molecular complexity index is 381. The first-order valence-electron chi connectivity index (χ1n) is 7.33. The van der Waals surface area contributed by atoms with E-state index in [-0.39, 0.29) is 0 Å². The lowest BCUT2D eigenvalue weighted by molar-refractivity contribution is -0.698. The smallest absolute Gasteiger partial charge is 0.122 e. The number of methoxy groups -OCH3 is 2. The lowest BCUT2D eigenvalue weighted by Gasteiger charge is -2.28. The fourth-order valence-electron chi connectivity index (χ4n) is 3.05. The Hall–Kier alpha value is -1.06. The van der Waals surface area contributed by atoms with Crippen LogP contribution in [0.25, 0.3) is 0 Å². The van der Waals surface area contributed by atoms with E-state index in [1.807, 2.05) is 19.2 Å². The Labute approximate surface area is 116 Å². The van der Waals surface area contributed by atoms with Crippen molar-refractivity contribution >= 4 is 0 Å². The van der Waals surface area contributed by atoms with Crippen molar-refractivity contribution in [2.75, 3.05) is 20.8 Å². The minimum Gasteiger partial charge on any atom is -0.496 e. The predicted octanol–water partition coefficient (Wildman–Crippen LogP) is 1.76. The number of benzene rings is 1. The Morgan fingerprint density at radius 1 is 1.16 bits per heavy atom. The topological polar surface area (TPSA) is 35.1 Å². The summed E-state index contributed by atoms with van der Waals surface area (Å²) < 4.78 is 11.0. The molecule has 19 heavy (non-hydrogen) atoms. The van der Waals surface area contributed by atoms with Gasteiger partial charge in [-0.25, -0.2) is 0 Å². The van der Waals surface area contributed by atoms with Gasteiger partial charge in [0.1, 0.15) is 17.9 Å². The van der Waals surface area contributed by atoms with E-state index in [9.17, 15) is 0 Å². The van der Waals surface area contributed by atoms with Gasteiger partial charge in [0.25, 0.3) is 0 Å². The first-order chi connectivity index (χ1) is 9.35. The maximum atomic E-state index is 5.60.